The molecule has 1 amide bonds. The van der Waals surface area contributed by atoms with Gasteiger partial charge in [0, 0.05) is 29.6 Å². The van der Waals surface area contributed by atoms with Gasteiger partial charge < -0.3 is 15.4 Å². The fourth-order valence-electron chi connectivity index (χ4n) is 4.55. The van der Waals surface area contributed by atoms with Gasteiger partial charge in [-0.15, -0.1) is 0 Å². The second-order valence-electron chi connectivity index (χ2n) is 8.76. The summed E-state index contributed by atoms with van der Waals surface area (Å²) >= 11 is 0. The maximum absolute atomic E-state index is 12.6. The van der Waals surface area contributed by atoms with E-state index in [-0.39, 0.29) is 18.1 Å². The average Bonchev–Trinajstić information content (AvgIpc) is 2.84. The lowest BCUT2D eigenvalue weighted by atomic mass is 9.72. The van der Waals surface area contributed by atoms with Gasteiger partial charge in [-0.2, -0.15) is 5.26 Å². The van der Waals surface area contributed by atoms with Crippen LogP contribution in [0.5, 0.6) is 5.88 Å². The molecule has 1 fully saturated rings. The molecule has 0 spiro atoms. The van der Waals surface area contributed by atoms with Crippen LogP contribution in [0.2, 0.25) is 0 Å². The summed E-state index contributed by atoms with van der Waals surface area (Å²) in [6.07, 6.45) is 4.20. The summed E-state index contributed by atoms with van der Waals surface area (Å²) in [7, 11) is 0. The van der Waals surface area contributed by atoms with Crippen molar-refractivity contribution in [1.82, 2.24) is 4.98 Å². The number of unbranched alkanes of at least 4 members (excludes halogenated alkanes) is 1. The van der Waals surface area contributed by atoms with Crippen molar-refractivity contribution in [2.24, 2.45) is 5.73 Å². The molecule has 6 heteroatoms. The number of nitriles is 1. The van der Waals surface area contributed by atoms with Gasteiger partial charge in [0.2, 0.25) is 5.88 Å². The quantitative estimate of drug-likeness (QED) is 0.559. The van der Waals surface area contributed by atoms with Crippen molar-refractivity contribution in [2.45, 2.75) is 37.6 Å². The van der Waals surface area contributed by atoms with E-state index in [9.17, 15) is 4.79 Å². The van der Waals surface area contributed by atoms with E-state index in [2.05, 4.69) is 30.3 Å². The van der Waals surface area contributed by atoms with E-state index in [1.807, 2.05) is 36.4 Å². The maximum Gasteiger partial charge on any atom is 0.265 e. The molecular formula is C27H26N4O2. The Balaban J connectivity index is 1.59. The van der Waals surface area contributed by atoms with Gasteiger partial charge in [0.15, 0.2) is 6.61 Å². The summed E-state index contributed by atoms with van der Waals surface area (Å²) in [6, 6.07) is 22.5. The third kappa shape index (κ3) is 3.96. The molecule has 6 nitrogen and oxygen atoms in total. The van der Waals surface area contributed by atoms with Gasteiger partial charge in [-0.25, -0.2) is 4.98 Å². The summed E-state index contributed by atoms with van der Waals surface area (Å²) in [5.41, 5.74) is 11.8. The zero-order valence-corrected chi connectivity index (χ0v) is 18.5. The molecule has 2 heterocycles. The van der Waals surface area contributed by atoms with E-state index in [1.165, 1.54) is 6.42 Å². The molecule has 0 bridgehead atoms. The molecule has 33 heavy (non-hydrogen) atoms. The average molecular weight is 439 g/mol. The Labute approximate surface area is 193 Å². The van der Waals surface area contributed by atoms with Crippen LogP contribution in [0.1, 0.15) is 37.7 Å². The molecule has 2 aromatic carbocycles. The highest BCUT2D eigenvalue weighted by Gasteiger charge is 2.34. The number of fused-ring (bicyclic) bond motifs is 1. The van der Waals surface area contributed by atoms with Crippen molar-refractivity contribution in [3.05, 3.63) is 66.2 Å². The first-order valence-electron chi connectivity index (χ1n) is 11.4. The Bertz CT molecular complexity index is 1210. The molecule has 2 aliphatic rings. The lowest BCUT2D eigenvalue weighted by Crippen LogP contribution is -2.43. The number of rotatable bonds is 6. The smallest absolute Gasteiger partial charge is 0.265 e. The predicted molar refractivity (Wildman–Crippen MR) is 128 cm³/mol. The zero-order chi connectivity index (χ0) is 22.8. The van der Waals surface area contributed by atoms with Gasteiger partial charge in [-0.1, -0.05) is 54.6 Å². The molecule has 0 saturated heterocycles. The molecule has 1 aliphatic carbocycles. The Hall–Kier alpha value is -3.69. The van der Waals surface area contributed by atoms with Gasteiger partial charge in [-0.3, -0.25) is 4.79 Å². The third-order valence-electron chi connectivity index (χ3n) is 6.63. The normalized spacial score (nSPS) is 16.4. The number of pyridine rings is 1. The molecule has 0 unspecified atom stereocenters. The van der Waals surface area contributed by atoms with Crippen LogP contribution in [-0.2, 0) is 10.3 Å². The van der Waals surface area contributed by atoms with E-state index in [0.717, 1.165) is 40.8 Å². The number of amides is 1. The van der Waals surface area contributed by atoms with Crippen LogP contribution in [0.25, 0.3) is 22.4 Å². The Morgan fingerprint density at radius 3 is 2.52 bits per heavy atom. The van der Waals surface area contributed by atoms with Crippen LogP contribution in [0.4, 0.5) is 5.69 Å². The summed E-state index contributed by atoms with van der Waals surface area (Å²) in [5.74, 6) is 0.326. The van der Waals surface area contributed by atoms with Crippen LogP contribution in [0.3, 0.4) is 0 Å². The molecular weight excluding hydrogens is 412 g/mol. The van der Waals surface area contributed by atoms with Crippen LogP contribution in [0, 0.1) is 11.3 Å². The molecule has 1 aromatic heterocycles. The first-order chi connectivity index (χ1) is 16.1. The minimum Gasteiger partial charge on any atom is -0.466 e. The lowest BCUT2D eigenvalue weighted by Gasteiger charge is -2.38. The van der Waals surface area contributed by atoms with Gasteiger partial charge in [0.25, 0.3) is 5.91 Å². The standard InChI is InChI=1S/C27H26N4O2/c28-15-4-5-16-31-23-17-22(19-7-2-1-3-8-19)25(30-26(23)33-18-24(31)32)20-9-11-21(12-10-20)27(29)13-6-14-27/h1-3,7-12,17H,4-6,13-14,16,18,29H2. The number of nitrogens with two attached hydrogens (primary N) is 1. The minimum absolute atomic E-state index is 0.0503. The third-order valence-corrected chi connectivity index (χ3v) is 6.63. The van der Waals surface area contributed by atoms with E-state index >= 15 is 0 Å². The second-order valence-corrected chi connectivity index (χ2v) is 8.76. The largest absolute Gasteiger partial charge is 0.466 e. The first-order valence-corrected chi connectivity index (χ1v) is 11.4. The number of carbonyl (C=O) groups excluding carboxylic acids is 1. The molecule has 5 rings (SSSR count). The topological polar surface area (TPSA) is 92.2 Å². The number of carbonyl (C=O) groups is 1. The van der Waals surface area contributed by atoms with Crippen LogP contribution in [0.15, 0.2) is 60.7 Å². The number of hydrogen-bond donors (Lipinski definition) is 1. The molecule has 0 atom stereocenters. The van der Waals surface area contributed by atoms with Gasteiger partial charge >= 0.3 is 0 Å². The van der Waals surface area contributed by atoms with Crippen molar-refractivity contribution < 1.29 is 9.53 Å². The van der Waals surface area contributed by atoms with E-state index in [4.69, 9.17) is 20.7 Å². The summed E-state index contributed by atoms with van der Waals surface area (Å²) in [6.45, 7) is 0.413. The molecule has 1 aliphatic heterocycles. The maximum atomic E-state index is 12.6. The minimum atomic E-state index is -0.211. The van der Waals surface area contributed by atoms with Gasteiger partial charge in [0.1, 0.15) is 5.69 Å². The van der Waals surface area contributed by atoms with Crippen molar-refractivity contribution in [3.63, 3.8) is 0 Å². The predicted octanol–water partition coefficient (Wildman–Crippen LogP) is 4.78. The van der Waals surface area contributed by atoms with Crippen LogP contribution >= 0.6 is 0 Å². The van der Waals surface area contributed by atoms with Crippen LogP contribution < -0.4 is 15.4 Å². The molecule has 0 radical (unpaired) electrons. The number of aromatic nitrogens is 1. The van der Waals surface area contributed by atoms with Crippen LogP contribution in [-0.4, -0.2) is 24.0 Å². The molecule has 1 saturated carbocycles. The summed E-state index contributed by atoms with van der Waals surface area (Å²) in [5, 5.41) is 8.90. The Kier molecular flexibility index (Phi) is 5.57. The fraction of sp³-hybridized carbons (Fsp3) is 0.296. The number of anilines is 1. The van der Waals surface area contributed by atoms with Gasteiger partial charge in [0.05, 0.1) is 11.8 Å². The number of nitrogens with zero attached hydrogens (tertiary/aromatic N) is 3. The Morgan fingerprint density at radius 1 is 1.09 bits per heavy atom. The van der Waals surface area contributed by atoms with E-state index < -0.39 is 0 Å². The molecule has 166 valence electrons. The highest BCUT2D eigenvalue weighted by Crippen LogP contribution is 2.42. The number of hydrogen-bond acceptors (Lipinski definition) is 5. The molecule has 3 aromatic rings. The number of benzene rings is 2. The van der Waals surface area contributed by atoms with Gasteiger partial charge in [-0.05, 0) is 42.9 Å². The first kappa shape index (κ1) is 21.2. The number of ether oxygens (including phenoxy) is 1. The lowest BCUT2D eigenvalue weighted by molar-refractivity contribution is -0.121. The monoisotopic (exact) mass is 438 g/mol. The summed E-state index contributed by atoms with van der Waals surface area (Å²) < 4.78 is 5.74. The van der Waals surface area contributed by atoms with Crippen molar-refractivity contribution in [1.29, 1.82) is 5.26 Å². The zero-order valence-electron chi connectivity index (χ0n) is 18.5. The van der Waals surface area contributed by atoms with E-state index in [0.29, 0.717) is 31.0 Å². The van der Waals surface area contributed by atoms with Crippen molar-refractivity contribution in [2.75, 3.05) is 18.1 Å². The second kappa shape index (κ2) is 8.68. The SMILES string of the molecule is N#CCCCN1C(=O)COc2nc(-c3ccc(C4(N)CCC4)cc3)c(-c3ccccc3)cc21. The fourth-order valence-corrected chi connectivity index (χ4v) is 4.55. The Morgan fingerprint density at radius 2 is 1.85 bits per heavy atom. The summed E-state index contributed by atoms with van der Waals surface area (Å²) in [4.78, 5) is 19.2. The van der Waals surface area contributed by atoms with Crippen molar-refractivity contribution in [3.8, 4) is 34.3 Å². The van der Waals surface area contributed by atoms with E-state index in [1.54, 1.807) is 4.90 Å². The molecule has 2 N–H and O–H groups in total. The highest BCUT2D eigenvalue weighted by atomic mass is 16.5. The van der Waals surface area contributed by atoms with Crippen molar-refractivity contribution >= 4 is 11.6 Å². The highest BCUT2D eigenvalue weighted by molar-refractivity contribution is 5.99.